The molecule has 0 fully saturated rings. The molecule has 0 aliphatic heterocycles. The molecule has 98 valence electrons. The Kier molecular flexibility index (Phi) is 4.65. The van der Waals surface area contributed by atoms with Crippen molar-refractivity contribution in [3.63, 3.8) is 0 Å². The predicted molar refractivity (Wildman–Crippen MR) is 65.3 cm³/mol. The second-order valence-corrected chi connectivity index (χ2v) is 4.63. The van der Waals surface area contributed by atoms with Crippen LogP contribution in [0, 0.1) is 5.92 Å². The van der Waals surface area contributed by atoms with Gasteiger partial charge in [0.1, 0.15) is 5.60 Å². The number of nitrogens with zero attached hydrogens (tertiary/aromatic N) is 2. The molecule has 5 heteroatoms. The van der Waals surface area contributed by atoms with E-state index in [-0.39, 0.29) is 12.0 Å². The summed E-state index contributed by atoms with van der Waals surface area (Å²) in [6.45, 7) is 8.15. The molecule has 0 aromatic carbocycles. The van der Waals surface area contributed by atoms with Crippen LogP contribution < -0.4 is 5.73 Å². The second-order valence-electron chi connectivity index (χ2n) is 4.63. The zero-order chi connectivity index (χ0) is 13.1. The van der Waals surface area contributed by atoms with E-state index in [1.54, 1.807) is 7.11 Å². The van der Waals surface area contributed by atoms with E-state index in [9.17, 15) is 0 Å². The van der Waals surface area contributed by atoms with E-state index in [1.807, 2.05) is 27.7 Å². The van der Waals surface area contributed by atoms with Gasteiger partial charge in [0.15, 0.2) is 0 Å². The Morgan fingerprint density at radius 3 is 2.35 bits per heavy atom. The fraction of sp³-hybridized carbons (Fsp3) is 0.833. The van der Waals surface area contributed by atoms with E-state index in [1.165, 1.54) is 0 Å². The van der Waals surface area contributed by atoms with E-state index >= 15 is 0 Å². The molecule has 1 aromatic heterocycles. The highest BCUT2D eigenvalue weighted by Gasteiger charge is 2.34. The maximum atomic E-state index is 5.98. The molecule has 1 atom stereocenters. The van der Waals surface area contributed by atoms with Crippen LogP contribution in [0.25, 0.3) is 0 Å². The Bertz CT molecular complexity index is 337. The molecule has 17 heavy (non-hydrogen) atoms. The van der Waals surface area contributed by atoms with Gasteiger partial charge in [0.2, 0.25) is 11.7 Å². The van der Waals surface area contributed by atoms with Crippen molar-refractivity contribution in [3.8, 4) is 0 Å². The Morgan fingerprint density at radius 2 is 1.94 bits per heavy atom. The predicted octanol–water partition coefficient (Wildman–Crippen LogP) is 2.39. The van der Waals surface area contributed by atoms with Crippen LogP contribution in [0.4, 0.5) is 0 Å². The van der Waals surface area contributed by atoms with Gasteiger partial charge in [-0.1, -0.05) is 32.9 Å². The van der Waals surface area contributed by atoms with Gasteiger partial charge in [-0.2, -0.15) is 4.98 Å². The average Bonchev–Trinajstić information content (AvgIpc) is 2.81. The van der Waals surface area contributed by atoms with Crippen molar-refractivity contribution >= 4 is 0 Å². The summed E-state index contributed by atoms with van der Waals surface area (Å²) in [6.07, 6.45) is 1.60. The number of methoxy groups -OCH3 is 1. The number of rotatable bonds is 6. The SMILES string of the molecule is CCC(CC)(OC)c1noc(C(N)C(C)C)n1. The summed E-state index contributed by atoms with van der Waals surface area (Å²) in [7, 11) is 1.67. The van der Waals surface area contributed by atoms with Crippen molar-refractivity contribution in [2.45, 2.75) is 52.2 Å². The first-order valence-electron chi connectivity index (χ1n) is 6.15. The topological polar surface area (TPSA) is 74.2 Å². The first-order valence-corrected chi connectivity index (χ1v) is 6.15. The van der Waals surface area contributed by atoms with Gasteiger partial charge < -0.3 is 15.0 Å². The number of hydrogen-bond donors (Lipinski definition) is 1. The lowest BCUT2D eigenvalue weighted by atomic mass is 9.96. The average molecular weight is 241 g/mol. The maximum Gasteiger partial charge on any atom is 0.243 e. The monoisotopic (exact) mass is 241 g/mol. The molecule has 1 rings (SSSR count). The van der Waals surface area contributed by atoms with E-state index < -0.39 is 5.60 Å². The van der Waals surface area contributed by atoms with Gasteiger partial charge in [-0.25, -0.2) is 0 Å². The molecule has 0 saturated heterocycles. The van der Waals surface area contributed by atoms with Crippen LogP contribution in [0.5, 0.6) is 0 Å². The minimum Gasteiger partial charge on any atom is -0.370 e. The van der Waals surface area contributed by atoms with Gasteiger partial charge in [0, 0.05) is 7.11 Å². The maximum absolute atomic E-state index is 5.98. The van der Waals surface area contributed by atoms with E-state index in [2.05, 4.69) is 10.1 Å². The molecule has 0 spiro atoms. The fourth-order valence-corrected chi connectivity index (χ4v) is 1.79. The molecule has 0 aliphatic rings. The third kappa shape index (κ3) is 2.66. The first-order chi connectivity index (χ1) is 8.00. The number of aromatic nitrogens is 2. The highest BCUT2D eigenvalue weighted by molar-refractivity contribution is 5.03. The summed E-state index contributed by atoms with van der Waals surface area (Å²) in [5, 5.41) is 4.01. The number of ether oxygens (including phenoxy) is 1. The molecular formula is C12H23N3O2. The third-order valence-corrected chi connectivity index (χ3v) is 3.39. The summed E-state index contributed by atoms with van der Waals surface area (Å²) >= 11 is 0. The zero-order valence-electron chi connectivity index (χ0n) is 11.4. The lowest BCUT2D eigenvalue weighted by Gasteiger charge is -2.26. The lowest BCUT2D eigenvalue weighted by Crippen LogP contribution is -2.28. The van der Waals surface area contributed by atoms with E-state index in [4.69, 9.17) is 15.0 Å². The van der Waals surface area contributed by atoms with Gasteiger partial charge in [-0.15, -0.1) is 0 Å². The van der Waals surface area contributed by atoms with E-state index in [0.29, 0.717) is 11.7 Å². The van der Waals surface area contributed by atoms with Crippen molar-refractivity contribution in [2.24, 2.45) is 11.7 Å². The van der Waals surface area contributed by atoms with Crippen LogP contribution in [-0.4, -0.2) is 17.3 Å². The normalized spacial score (nSPS) is 14.3. The fourth-order valence-electron chi connectivity index (χ4n) is 1.79. The first kappa shape index (κ1) is 14.1. The van der Waals surface area contributed by atoms with Gasteiger partial charge in [0.05, 0.1) is 6.04 Å². The highest BCUT2D eigenvalue weighted by Crippen LogP contribution is 2.31. The molecule has 0 amide bonds. The molecule has 1 heterocycles. The summed E-state index contributed by atoms with van der Waals surface area (Å²) in [5.74, 6) is 1.35. The minimum atomic E-state index is -0.460. The largest absolute Gasteiger partial charge is 0.370 e. The van der Waals surface area contributed by atoms with Gasteiger partial charge >= 0.3 is 0 Å². The molecule has 5 nitrogen and oxygen atoms in total. The lowest BCUT2D eigenvalue weighted by molar-refractivity contribution is -0.0306. The van der Waals surface area contributed by atoms with Crippen molar-refractivity contribution in [3.05, 3.63) is 11.7 Å². The Labute approximate surface area is 103 Å². The van der Waals surface area contributed by atoms with Crippen molar-refractivity contribution in [2.75, 3.05) is 7.11 Å². The van der Waals surface area contributed by atoms with E-state index in [0.717, 1.165) is 12.8 Å². The molecule has 2 N–H and O–H groups in total. The standard InChI is InChI=1S/C12H23N3O2/c1-6-12(7-2,16-5)11-14-10(17-15-11)9(13)8(3)4/h8-9H,6-7,13H2,1-5H3. The van der Waals surface area contributed by atoms with Crippen molar-refractivity contribution < 1.29 is 9.26 Å². The minimum absolute atomic E-state index is 0.223. The molecule has 1 aromatic rings. The second kappa shape index (κ2) is 5.60. The van der Waals surface area contributed by atoms with Crippen LogP contribution in [0.15, 0.2) is 4.52 Å². The quantitative estimate of drug-likeness (QED) is 0.827. The van der Waals surface area contributed by atoms with Crippen molar-refractivity contribution in [1.82, 2.24) is 10.1 Å². The van der Waals surface area contributed by atoms with Gasteiger partial charge in [0.25, 0.3) is 0 Å². The molecule has 0 radical (unpaired) electrons. The van der Waals surface area contributed by atoms with Gasteiger partial charge in [-0.3, -0.25) is 0 Å². The van der Waals surface area contributed by atoms with Crippen LogP contribution in [0.2, 0.25) is 0 Å². The van der Waals surface area contributed by atoms with Crippen LogP contribution in [0.1, 0.15) is 58.3 Å². The summed E-state index contributed by atoms with van der Waals surface area (Å²) in [4.78, 5) is 4.39. The molecule has 1 unspecified atom stereocenters. The molecule has 0 bridgehead atoms. The molecular weight excluding hydrogens is 218 g/mol. The smallest absolute Gasteiger partial charge is 0.243 e. The molecule has 0 saturated carbocycles. The van der Waals surface area contributed by atoms with Crippen LogP contribution >= 0.6 is 0 Å². The highest BCUT2D eigenvalue weighted by atomic mass is 16.5. The summed E-state index contributed by atoms with van der Waals surface area (Å²) in [6, 6.07) is -0.223. The Morgan fingerprint density at radius 1 is 1.35 bits per heavy atom. The summed E-state index contributed by atoms with van der Waals surface area (Å²) < 4.78 is 10.8. The molecule has 0 aliphatic carbocycles. The third-order valence-electron chi connectivity index (χ3n) is 3.39. The van der Waals surface area contributed by atoms with Crippen LogP contribution in [0.3, 0.4) is 0 Å². The number of nitrogens with two attached hydrogens (primary N) is 1. The summed E-state index contributed by atoms with van der Waals surface area (Å²) in [5.41, 5.74) is 5.52. The zero-order valence-corrected chi connectivity index (χ0v) is 11.4. The van der Waals surface area contributed by atoms with Gasteiger partial charge in [-0.05, 0) is 18.8 Å². The Balaban J connectivity index is 3.00. The number of hydrogen-bond acceptors (Lipinski definition) is 5. The van der Waals surface area contributed by atoms with Crippen LogP contribution in [-0.2, 0) is 10.3 Å². The van der Waals surface area contributed by atoms with Crippen molar-refractivity contribution in [1.29, 1.82) is 0 Å². The Hall–Kier alpha value is -0.940.